The molecule has 0 aromatic heterocycles. The maximum atomic E-state index is 3.18. The van der Waals surface area contributed by atoms with Crippen molar-refractivity contribution in [2.75, 3.05) is 13.3 Å². The van der Waals surface area contributed by atoms with Gasteiger partial charge in [-0.05, 0) is 13.3 Å². The van der Waals surface area contributed by atoms with Crippen LogP contribution in [0.25, 0.3) is 0 Å². The first-order valence-corrected chi connectivity index (χ1v) is 4.47. The molecule has 2 atom stereocenters. The van der Waals surface area contributed by atoms with Gasteiger partial charge in [0.25, 0.3) is 0 Å². The summed E-state index contributed by atoms with van der Waals surface area (Å²) in [4.78, 5) is 0. The third kappa shape index (κ3) is 1.27. The molecule has 1 nitrogen and oxygen atoms in total. The van der Waals surface area contributed by atoms with Crippen LogP contribution in [0.3, 0.4) is 0 Å². The first kappa shape index (κ1) is 5.79. The van der Waals surface area contributed by atoms with Gasteiger partial charge in [0.2, 0.25) is 0 Å². The second kappa shape index (κ2) is 2.29. The molecule has 0 amide bonds. The fraction of sp³-hybridized carbons (Fsp3) is 1.00. The van der Waals surface area contributed by atoms with E-state index in [0.29, 0.717) is 0 Å². The molecule has 7 heavy (non-hydrogen) atoms. The fourth-order valence-corrected chi connectivity index (χ4v) is 2.47. The molecule has 0 aliphatic carbocycles. The highest BCUT2D eigenvalue weighted by molar-refractivity contribution is 8.23. The van der Waals surface area contributed by atoms with Crippen molar-refractivity contribution in [3.8, 4) is 0 Å². The third-order valence-corrected chi connectivity index (χ3v) is 3.82. The van der Waals surface area contributed by atoms with Crippen molar-refractivity contribution in [1.29, 1.82) is 0 Å². The van der Waals surface area contributed by atoms with Gasteiger partial charge in [-0.25, -0.2) is 0 Å². The van der Waals surface area contributed by atoms with E-state index < -0.39 is 0 Å². The molecule has 3 heteroatoms. The Balaban J connectivity index is 2.06. The van der Waals surface area contributed by atoms with Crippen LogP contribution in [0.2, 0.25) is 0 Å². The molecule has 0 saturated carbocycles. The lowest BCUT2D eigenvalue weighted by atomic mass is 10.8. The summed E-state index contributed by atoms with van der Waals surface area (Å²) in [5.41, 5.74) is 0. The maximum absolute atomic E-state index is 3.18. The summed E-state index contributed by atoms with van der Waals surface area (Å²) in [5, 5.41) is 3.93. The predicted octanol–water partition coefficient (Wildman–Crippen LogP) is 0.968. The van der Waals surface area contributed by atoms with Gasteiger partial charge < -0.3 is 5.32 Å². The van der Waals surface area contributed by atoms with E-state index in [2.05, 4.69) is 11.6 Å². The lowest BCUT2D eigenvalue weighted by Gasteiger charge is -1.86. The van der Waals surface area contributed by atoms with Crippen LogP contribution in [-0.4, -0.2) is 23.3 Å². The van der Waals surface area contributed by atoms with Gasteiger partial charge in [0, 0.05) is 0 Å². The van der Waals surface area contributed by atoms with Crippen LogP contribution in [0.15, 0.2) is 0 Å². The molecule has 1 aliphatic rings. The molecule has 0 spiro atoms. The van der Waals surface area contributed by atoms with Gasteiger partial charge >= 0.3 is 0 Å². The standard InChI is InChI=1S/C4H9NS2/c1-5-3-4(6-2)7-3/h3-5H,1-2H3. The van der Waals surface area contributed by atoms with Crippen LogP contribution in [-0.2, 0) is 0 Å². The highest BCUT2D eigenvalue weighted by Gasteiger charge is 2.35. The molecule has 1 heterocycles. The zero-order chi connectivity index (χ0) is 5.28. The van der Waals surface area contributed by atoms with Crippen molar-refractivity contribution >= 4 is 23.5 Å². The van der Waals surface area contributed by atoms with Crippen molar-refractivity contribution in [3.05, 3.63) is 0 Å². The van der Waals surface area contributed by atoms with Gasteiger partial charge in [-0.15, -0.1) is 23.5 Å². The van der Waals surface area contributed by atoms with Gasteiger partial charge in [0.05, 0.1) is 9.96 Å². The van der Waals surface area contributed by atoms with E-state index >= 15 is 0 Å². The minimum absolute atomic E-state index is 0.745. The molecular weight excluding hydrogens is 126 g/mol. The molecule has 2 unspecified atom stereocenters. The Morgan fingerprint density at radius 1 is 1.71 bits per heavy atom. The van der Waals surface area contributed by atoms with E-state index in [9.17, 15) is 0 Å². The molecule has 1 N–H and O–H groups in total. The number of thioether (sulfide) groups is 2. The van der Waals surface area contributed by atoms with E-state index in [4.69, 9.17) is 0 Å². The largest absolute Gasteiger partial charge is 0.307 e. The number of hydrogen-bond donors (Lipinski definition) is 1. The fourth-order valence-electron chi connectivity index (χ4n) is 0.482. The Morgan fingerprint density at radius 3 is 2.57 bits per heavy atom. The van der Waals surface area contributed by atoms with Crippen LogP contribution in [0.4, 0.5) is 0 Å². The maximum Gasteiger partial charge on any atom is 0.0762 e. The summed E-state index contributed by atoms with van der Waals surface area (Å²) in [5.74, 6) is 0. The molecule has 0 bridgehead atoms. The Morgan fingerprint density at radius 2 is 2.43 bits per heavy atom. The number of nitrogens with one attached hydrogen (secondary N) is 1. The Hall–Kier alpha value is 0.660. The molecule has 0 aromatic carbocycles. The summed E-state index contributed by atoms with van der Waals surface area (Å²) in [6, 6.07) is 0. The van der Waals surface area contributed by atoms with E-state index in [1.807, 2.05) is 30.6 Å². The van der Waals surface area contributed by atoms with Crippen molar-refractivity contribution < 1.29 is 0 Å². The second-order valence-electron chi connectivity index (χ2n) is 1.45. The highest BCUT2D eigenvalue weighted by atomic mass is 32.2. The average molecular weight is 135 g/mol. The van der Waals surface area contributed by atoms with Gasteiger partial charge in [-0.1, -0.05) is 0 Å². The topological polar surface area (TPSA) is 12.0 Å². The number of rotatable bonds is 2. The van der Waals surface area contributed by atoms with Crippen LogP contribution in [0, 0.1) is 0 Å². The van der Waals surface area contributed by atoms with Crippen molar-refractivity contribution in [3.63, 3.8) is 0 Å². The lowest BCUT2D eigenvalue weighted by molar-refractivity contribution is 0.856. The molecule has 0 radical (unpaired) electrons. The van der Waals surface area contributed by atoms with Crippen molar-refractivity contribution in [1.82, 2.24) is 5.32 Å². The average Bonchev–Trinajstić information content (AvgIpc) is 2.43. The first-order chi connectivity index (χ1) is 3.38. The zero-order valence-electron chi connectivity index (χ0n) is 4.47. The monoisotopic (exact) mass is 135 g/mol. The van der Waals surface area contributed by atoms with Crippen LogP contribution >= 0.6 is 23.5 Å². The molecule has 1 fully saturated rings. The van der Waals surface area contributed by atoms with E-state index in [-0.39, 0.29) is 0 Å². The predicted molar refractivity (Wildman–Crippen MR) is 37.7 cm³/mol. The Kier molecular flexibility index (Phi) is 1.89. The quantitative estimate of drug-likeness (QED) is 0.567. The van der Waals surface area contributed by atoms with Gasteiger partial charge in [0.1, 0.15) is 0 Å². The Bertz CT molecular complexity index is 58.7. The summed E-state index contributed by atoms with van der Waals surface area (Å²) in [6.45, 7) is 0. The minimum Gasteiger partial charge on any atom is -0.307 e. The van der Waals surface area contributed by atoms with Gasteiger partial charge in [0.15, 0.2) is 0 Å². The molecule has 0 aromatic rings. The zero-order valence-corrected chi connectivity index (χ0v) is 6.10. The molecule has 1 rings (SSSR count). The summed E-state index contributed by atoms with van der Waals surface area (Å²) in [6.07, 6.45) is 2.15. The third-order valence-electron chi connectivity index (χ3n) is 0.968. The minimum atomic E-state index is 0.745. The first-order valence-electron chi connectivity index (χ1n) is 2.24. The summed E-state index contributed by atoms with van der Waals surface area (Å²) < 4.78 is 0.838. The molecular formula is C4H9NS2. The van der Waals surface area contributed by atoms with E-state index in [0.717, 1.165) is 9.96 Å². The highest BCUT2D eigenvalue weighted by Crippen LogP contribution is 2.45. The molecule has 42 valence electrons. The Labute approximate surface area is 52.6 Å². The smallest absolute Gasteiger partial charge is 0.0762 e. The van der Waals surface area contributed by atoms with Crippen molar-refractivity contribution in [2.24, 2.45) is 0 Å². The van der Waals surface area contributed by atoms with Crippen LogP contribution < -0.4 is 5.32 Å². The summed E-state index contributed by atoms with van der Waals surface area (Å²) in [7, 11) is 2.01. The van der Waals surface area contributed by atoms with E-state index in [1.165, 1.54) is 0 Å². The summed E-state index contributed by atoms with van der Waals surface area (Å²) >= 11 is 3.91. The van der Waals surface area contributed by atoms with Crippen LogP contribution in [0.5, 0.6) is 0 Å². The van der Waals surface area contributed by atoms with Gasteiger partial charge in [-0.2, -0.15) is 0 Å². The lowest BCUT2D eigenvalue weighted by Crippen LogP contribution is -2.10. The normalized spacial score (nSPS) is 38.6. The molecule has 1 aliphatic heterocycles. The van der Waals surface area contributed by atoms with Gasteiger partial charge in [-0.3, -0.25) is 0 Å². The SMILES string of the molecule is CNC1SC1SC. The molecule has 1 saturated heterocycles. The number of hydrogen-bond acceptors (Lipinski definition) is 3. The second-order valence-corrected chi connectivity index (χ2v) is 4.02. The van der Waals surface area contributed by atoms with Crippen LogP contribution in [0.1, 0.15) is 0 Å². The van der Waals surface area contributed by atoms with Crippen molar-refractivity contribution in [2.45, 2.75) is 9.96 Å². The van der Waals surface area contributed by atoms with E-state index in [1.54, 1.807) is 0 Å².